The molecule has 0 aliphatic heterocycles. The van der Waals surface area contributed by atoms with Crippen molar-refractivity contribution in [3.63, 3.8) is 0 Å². The number of nitrogens with zero attached hydrogens (tertiary/aromatic N) is 1. The second kappa shape index (κ2) is 11.8. The van der Waals surface area contributed by atoms with Crippen molar-refractivity contribution in [2.24, 2.45) is 0 Å². The molecule has 1 amide bonds. The Balaban J connectivity index is 1.81. The van der Waals surface area contributed by atoms with Gasteiger partial charge in [-0.2, -0.15) is 0 Å². The number of nitrogens with two attached hydrogens (primary N) is 1. The number of rotatable bonds is 8. The maximum atomic E-state index is 13.5. The van der Waals surface area contributed by atoms with Gasteiger partial charge in [0.25, 0.3) is 5.91 Å². The summed E-state index contributed by atoms with van der Waals surface area (Å²) >= 11 is 0. The number of nitrogen functional groups attached to an aromatic ring is 1. The lowest BCUT2D eigenvalue weighted by Gasteiger charge is -2.35. The summed E-state index contributed by atoms with van der Waals surface area (Å²) < 4.78 is 5.08. The number of carbonyl (C=O) groups is 2. The molecule has 38 heavy (non-hydrogen) atoms. The first-order valence-electron chi connectivity index (χ1n) is 13.4. The van der Waals surface area contributed by atoms with Crippen molar-refractivity contribution in [3.8, 4) is 22.4 Å². The number of benzene rings is 2. The minimum absolute atomic E-state index is 0.00470. The second-order valence-electron chi connectivity index (χ2n) is 10.2. The number of anilines is 1. The van der Waals surface area contributed by atoms with Gasteiger partial charge in [-0.15, -0.1) is 0 Å². The first-order valence-corrected chi connectivity index (χ1v) is 13.4. The zero-order valence-corrected chi connectivity index (χ0v) is 22.5. The molecular weight excluding hydrogens is 473 g/mol. The monoisotopic (exact) mass is 509 g/mol. The van der Waals surface area contributed by atoms with E-state index in [9.17, 15) is 9.59 Å². The van der Waals surface area contributed by atoms with Crippen LogP contribution in [-0.4, -0.2) is 37.4 Å². The maximum absolute atomic E-state index is 13.5. The molecule has 1 aliphatic carbocycles. The summed E-state index contributed by atoms with van der Waals surface area (Å²) in [5.41, 5.74) is 11.8. The minimum atomic E-state index is -1.02. The topological polar surface area (TPSA) is 94.3 Å². The van der Waals surface area contributed by atoms with Gasteiger partial charge >= 0.3 is 5.97 Å². The van der Waals surface area contributed by atoms with E-state index in [1.807, 2.05) is 55.5 Å². The largest absolute Gasteiger partial charge is 0.467 e. The van der Waals surface area contributed by atoms with Crippen molar-refractivity contribution in [2.45, 2.75) is 70.1 Å². The van der Waals surface area contributed by atoms with Crippen LogP contribution < -0.4 is 11.1 Å². The van der Waals surface area contributed by atoms with E-state index in [1.165, 1.54) is 7.11 Å². The Morgan fingerprint density at radius 3 is 2.39 bits per heavy atom. The second-order valence-corrected chi connectivity index (χ2v) is 10.2. The lowest BCUT2D eigenvalue weighted by Crippen LogP contribution is -2.56. The van der Waals surface area contributed by atoms with Gasteiger partial charge in [-0.05, 0) is 61.1 Å². The molecule has 1 aromatic heterocycles. The van der Waals surface area contributed by atoms with Gasteiger partial charge in [-0.25, -0.2) is 9.78 Å². The SMILES string of the molecule is [B]C(CC)Cc1c(N)ccc(-c2nc(C(=O)NC3(C(=O)OC)CCCCC3)ccc2-c2ccccc2)c1C. The zero-order valence-electron chi connectivity index (χ0n) is 22.5. The van der Waals surface area contributed by atoms with Crippen LogP contribution in [-0.2, 0) is 16.0 Å². The van der Waals surface area contributed by atoms with E-state index in [-0.39, 0.29) is 17.4 Å². The van der Waals surface area contributed by atoms with Gasteiger partial charge in [-0.3, -0.25) is 4.79 Å². The normalized spacial score (nSPS) is 15.4. The maximum Gasteiger partial charge on any atom is 0.331 e. The molecule has 1 unspecified atom stereocenters. The molecule has 0 saturated heterocycles. The molecule has 4 rings (SSSR count). The molecule has 1 aliphatic rings. The Bertz CT molecular complexity index is 1300. The van der Waals surface area contributed by atoms with Crippen LogP contribution >= 0.6 is 0 Å². The first kappa shape index (κ1) is 27.4. The van der Waals surface area contributed by atoms with Crippen LogP contribution in [0.4, 0.5) is 5.69 Å². The summed E-state index contributed by atoms with van der Waals surface area (Å²) in [5, 5.41) is 2.99. The van der Waals surface area contributed by atoms with E-state index in [2.05, 4.69) is 12.2 Å². The van der Waals surface area contributed by atoms with Gasteiger partial charge in [-0.1, -0.05) is 74.8 Å². The molecular formula is C31H36BN3O3. The summed E-state index contributed by atoms with van der Waals surface area (Å²) in [6, 6.07) is 17.4. The van der Waals surface area contributed by atoms with Crippen molar-refractivity contribution in [2.75, 3.05) is 12.8 Å². The molecule has 0 spiro atoms. The van der Waals surface area contributed by atoms with Crippen LogP contribution in [0.3, 0.4) is 0 Å². The number of hydrogen-bond donors (Lipinski definition) is 2. The van der Waals surface area contributed by atoms with Crippen LogP contribution in [0.25, 0.3) is 22.4 Å². The van der Waals surface area contributed by atoms with Crippen LogP contribution in [0, 0.1) is 6.92 Å². The number of methoxy groups -OCH3 is 1. The first-order chi connectivity index (χ1) is 18.3. The van der Waals surface area contributed by atoms with Gasteiger partial charge in [0.05, 0.1) is 20.7 Å². The average Bonchev–Trinajstić information content (AvgIpc) is 2.95. The standard InChI is InChI=1S/C31H36BN3O3/c1-4-22(32)19-25-20(2)23(13-15-26(25)33)28-24(21-11-7-5-8-12-21)14-16-27(34-28)29(36)35-31(30(37)38-3)17-9-6-10-18-31/h5,7-8,11-16,22H,4,6,9-10,17-19,33H2,1-3H3,(H,35,36). The Kier molecular flexibility index (Phi) is 8.55. The molecule has 2 aromatic carbocycles. The summed E-state index contributed by atoms with van der Waals surface area (Å²) in [4.78, 5) is 31.2. The number of hydrogen-bond acceptors (Lipinski definition) is 5. The van der Waals surface area contributed by atoms with Crippen LogP contribution in [0.1, 0.15) is 67.1 Å². The molecule has 1 fully saturated rings. The van der Waals surface area contributed by atoms with Gasteiger partial charge in [0.1, 0.15) is 11.2 Å². The number of esters is 1. The van der Waals surface area contributed by atoms with Gasteiger partial charge < -0.3 is 15.8 Å². The van der Waals surface area contributed by atoms with E-state index in [4.69, 9.17) is 23.3 Å². The third-order valence-electron chi connectivity index (χ3n) is 7.73. The van der Waals surface area contributed by atoms with Gasteiger partial charge in [0.2, 0.25) is 0 Å². The highest BCUT2D eigenvalue weighted by Crippen LogP contribution is 2.37. The number of aromatic nitrogens is 1. The van der Waals surface area contributed by atoms with Crippen molar-refractivity contribution in [3.05, 3.63) is 71.4 Å². The molecule has 2 radical (unpaired) electrons. The predicted octanol–water partition coefficient (Wildman–Crippen LogP) is 5.82. The number of ether oxygens (including phenoxy) is 1. The average molecular weight is 509 g/mol. The molecule has 1 heterocycles. The van der Waals surface area contributed by atoms with Crippen LogP contribution in [0.15, 0.2) is 54.6 Å². The quantitative estimate of drug-likeness (QED) is 0.227. The van der Waals surface area contributed by atoms with Crippen LogP contribution in [0.2, 0.25) is 5.82 Å². The van der Waals surface area contributed by atoms with Gasteiger partial charge in [0, 0.05) is 16.8 Å². The van der Waals surface area contributed by atoms with Crippen molar-refractivity contribution in [1.82, 2.24) is 10.3 Å². The Morgan fingerprint density at radius 2 is 1.74 bits per heavy atom. The molecule has 1 saturated carbocycles. The Labute approximate surface area is 226 Å². The Morgan fingerprint density at radius 1 is 1.05 bits per heavy atom. The zero-order chi connectivity index (χ0) is 27.3. The lowest BCUT2D eigenvalue weighted by molar-refractivity contribution is -0.149. The number of carbonyl (C=O) groups excluding carboxylic acids is 2. The molecule has 0 bridgehead atoms. The van der Waals surface area contributed by atoms with Crippen molar-refractivity contribution in [1.29, 1.82) is 0 Å². The fraction of sp³-hybridized carbons (Fsp3) is 0.387. The minimum Gasteiger partial charge on any atom is -0.467 e. The Hall–Kier alpha value is -3.61. The summed E-state index contributed by atoms with van der Waals surface area (Å²) in [6.45, 7) is 4.09. The van der Waals surface area contributed by atoms with Crippen LogP contribution in [0.5, 0.6) is 0 Å². The summed E-state index contributed by atoms with van der Waals surface area (Å²) in [5.74, 6) is -0.799. The van der Waals surface area contributed by atoms with E-state index in [1.54, 1.807) is 6.07 Å². The smallest absolute Gasteiger partial charge is 0.331 e. The number of pyridine rings is 1. The molecule has 6 nitrogen and oxygen atoms in total. The van der Waals surface area contributed by atoms with E-state index in [0.717, 1.165) is 53.5 Å². The third-order valence-corrected chi connectivity index (χ3v) is 7.73. The number of nitrogens with one attached hydrogen (secondary N) is 1. The lowest BCUT2D eigenvalue weighted by atomic mass is 9.78. The van der Waals surface area contributed by atoms with E-state index in [0.29, 0.717) is 30.6 Å². The highest BCUT2D eigenvalue weighted by Gasteiger charge is 2.42. The summed E-state index contributed by atoms with van der Waals surface area (Å²) in [7, 11) is 7.65. The number of amides is 1. The van der Waals surface area contributed by atoms with E-state index < -0.39 is 11.5 Å². The fourth-order valence-corrected chi connectivity index (χ4v) is 5.37. The molecule has 3 aromatic rings. The fourth-order valence-electron chi connectivity index (χ4n) is 5.37. The molecule has 1 atom stereocenters. The van der Waals surface area contributed by atoms with Gasteiger partial charge in [0.15, 0.2) is 0 Å². The molecule has 196 valence electrons. The highest BCUT2D eigenvalue weighted by atomic mass is 16.5. The van der Waals surface area contributed by atoms with Crippen molar-refractivity contribution < 1.29 is 14.3 Å². The predicted molar refractivity (Wildman–Crippen MR) is 153 cm³/mol. The third kappa shape index (κ3) is 5.62. The molecule has 7 heteroatoms. The summed E-state index contributed by atoms with van der Waals surface area (Å²) in [6.07, 6.45) is 5.35. The van der Waals surface area contributed by atoms with E-state index >= 15 is 0 Å². The molecule has 3 N–H and O–H groups in total. The highest BCUT2D eigenvalue weighted by molar-refractivity contribution is 6.11. The van der Waals surface area contributed by atoms with Crippen molar-refractivity contribution >= 4 is 25.4 Å².